The first kappa shape index (κ1) is 18.4. The van der Waals surface area contributed by atoms with Crippen LogP contribution in [0.5, 0.6) is 0 Å². The maximum atomic E-state index is 12.7. The number of aryl methyl sites for hydroxylation is 1. The lowest BCUT2D eigenvalue weighted by atomic mass is 9.84. The van der Waals surface area contributed by atoms with Crippen LogP contribution in [0.3, 0.4) is 0 Å². The molecular weight excluding hydrogens is 316 g/mol. The Hall–Kier alpha value is -0.960. The number of rotatable bonds is 7. The van der Waals surface area contributed by atoms with E-state index in [2.05, 4.69) is 24.1 Å². The third-order valence-electron chi connectivity index (χ3n) is 4.94. The van der Waals surface area contributed by atoms with Crippen LogP contribution in [0.2, 0.25) is 0 Å². The van der Waals surface area contributed by atoms with E-state index < -0.39 is 10.0 Å². The van der Waals surface area contributed by atoms with Crippen molar-refractivity contribution in [2.75, 3.05) is 40.9 Å². The van der Waals surface area contributed by atoms with Gasteiger partial charge in [-0.25, -0.2) is 8.42 Å². The van der Waals surface area contributed by atoms with E-state index in [4.69, 9.17) is 4.74 Å². The van der Waals surface area contributed by atoms with Crippen molar-refractivity contribution >= 4 is 10.0 Å². The standard InChI is InChI=1S/C15H28N4O3S/c1-5-18-13-14(12-16-18)23(20,21)19-9-6-15(7-10-19,17(2)3)8-11-22-4/h12-13H,5-11H2,1-4H3. The highest BCUT2D eigenvalue weighted by Gasteiger charge is 2.40. The van der Waals surface area contributed by atoms with Gasteiger partial charge in [-0.05, 0) is 40.3 Å². The molecular formula is C15H28N4O3S. The smallest absolute Gasteiger partial charge is 0.246 e. The predicted molar refractivity (Wildman–Crippen MR) is 88.8 cm³/mol. The highest BCUT2D eigenvalue weighted by molar-refractivity contribution is 7.89. The summed E-state index contributed by atoms with van der Waals surface area (Å²) in [4.78, 5) is 2.50. The van der Waals surface area contributed by atoms with Crippen LogP contribution in [-0.2, 0) is 21.3 Å². The van der Waals surface area contributed by atoms with Gasteiger partial charge >= 0.3 is 0 Å². The Morgan fingerprint density at radius 1 is 1.35 bits per heavy atom. The van der Waals surface area contributed by atoms with Crippen LogP contribution in [-0.4, -0.2) is 73.8 Å². The summed E-state index contributed by atoms with van der Waals surface area (Å²) in [6.45, 7) is 4.35. The first-order valence-electron chi connectivity index (χ1n) is 8.05. The van der Waals surface area contributed by atoms with E-state index in [-0.39, 0.29) is 10.4 Å². The zero-order valence-electron chi connectivity index (χ0n) is 14.5. The largest absolute Gasteiger partial charge is 0.385 e. The van der Waals surface area contributed by atoms with Crippen molar-refractivity contribution in [3.63, 3.8) is 0 Å². The van der Waals surface area contributed by atoms with Crippen LogP contribution in [0.1, 0.15) is 26.2 Å². The number of methoxy groups -OCH3 is 1. The van der Waals surface area contributed by atoms with Crippen molar-refractivity contribution in [2.45, 2.75) is 43.2 Å². The Labute approximate surface area is 139 Å². The Morgan fingerprint density at radius 3 is 2.48 bits per heavy atom. The second-order valence-corrected chi connectivity index (χ2v) is 8.24. The first-order valence-corrected chi connectivity index (χ1v) is 9.49. The number of hydrogen-bond donors (Lipinski definition) is 0. The molecule has 7 nitrogen and oxygen atoms in total. The van der Waals surface area contributed by atoms with Crippen LogP contribution in [0.4, 0.5) is 0 Å². The molecule has 0 unspecified atom stereocenters. The van der Waals surface area contributed by atoms with Crippen LogP contribution >= 0.6 is 0 Å². The molecule has 0 spiro atoms. The molecule has 1 saturated heterocycles. The molecule has 132 valence electrons. The summed E-state index contributed by atoms with van der Waals surface area (Å²) in [7, 11) is 2.38. The van der Waals surface area contributed by atoms with Gasteiger partial charge in [0.25, 0.3) is 0 Å². The third-order valence-corrected chi connectivity index (χ3v) is 6.80. The molecule has 0 saturated carbocycles. The topological polar surface area (TPSA) is 67.7 Å². The normalized spacial score (nSPS) is 19.3. The first-order chi connectivity index (χ1) is 10.9. The van der Waals surface area contributed by atoms with Gasteiger partial charge in [0.15, 0.2) is 0 Å². The number of sulfonamides is 1. The Kier molecular flexibility index (Phi) is 5.83. The van der Waals surface area contributed by atoms with Crippen molar-refractivity contribution in [3.05, 3.63) is 12.4 Å². The van der Waals surface area contributed by atoms with E-state index in [0.717, 1.165) is 19.3 Å². The van der Waals surface area contributed by atoms with E-state index in [1.54, 1.807) is 22.3 Å². The lowest BCUT2D eigenvalue weighted by Crippen LogP contribution is -2.54. The van der Waals surface area contributed by atoms with Crippen molar-refractivity contribution < 1.29 is 13.2 Å². The summed E-state index contributed by atoms with van der Waals surface area (Å²) < 4.78 is 33.9. The zero-order chi connectivity index (χ0) is 17.1. The molecule has 2 heterocycles. The summed E-state index contributed by atoms with van der Waals surface area (Å²) in [5, 5.41) is 4.08. The molecule has 8 heteroatoms. The number of aromatic nitrogens is 2. The van der Waals surface area contributed by atoms with Crippen molar-refractivity contribution in [1.82, 2.24) is 19.0 Å². The van der Waals surface area contributed by atoms with Crippen molar-refractivity contribution in [1.29, 1.82) is 0 Å². The van der Waals surface area contributed by atoms with E-state index in [1.807, 2.05) is 6.92 Å². The number of hydrogen-bond acceptors (Lipinski definition) is 5. The van der Waals surface area contributed by atoms with Gasteiger partial charge < -0.3 is 9.64 Å². The summed E-state index contributed by atoms with van der Waals surface area (Å²) in [5.74, 6) is 0. The second kappa shape index (κ2) is 7.29. The van der Waals surface area contributed by atoms with E-state index in [9.17, 15) is 8.42 Å². The molecule has 0 atom stereocenters. The lowest BCUT2D eigenvalue weighted by molar-refractivity contribution is 0.0467. The predicted octanol–water partition coefficient (Wildman–Crippen LogP) is 1.02. The van der Waals surface area contributed by atoms with E-state index in [1.165, 1.54) is 6.20 Å². The highest BCUT2D eigenvalue weighted by Crippen LogP contribution is 2.32. The van der Waals surface area contributed by atoms with Gasteiger partial charge in [-0.2, -0.15) is 9.40 Å². The Balaban J connectivity index is 2.10. The molecule has 0 aliphatic carbocycles. The summed E-state index contributed by atoms with van der Waals surface area (Å²) in [5.41, 5.74) is 0.00955. The molecule has 1 fully saturated rings. The van der Waals surface area contributed by atoms with Gasteiger partial charge in [-0.15, -0.1) is 0 Å². The fourth-order valence-corrected chi connectivity index (χ4v) is 4.55. The van der Waals surface area contributed by atoms with Crippen LogP contribution in [0.25, 0.3) is 0 Å². The van der Waals surface area contributed by atoms with Crippen molar-refractivity contribution in [2.24, 2.45) is 0 Å². The van der Waals surface area contributed by atoms with Gasteiger partial charge in [0.1, 0.15) is 4.90 Å². The van der Waals surface area contributed by atoms with Crippen LogP contribution < -0.4 is 0 Å². The van der Waals surface area contributed by atoms with E-state index >= 15 is 0 Å². The molecule has 1 aromatic heterocycles. The Morgan fingerprint density at radius 2 is 2.00 bits per heavy atom. The zero-order valence-corrected chi connectivity index (χ0v) is 15.3. The average Bonchev–Trinajstić information content (AvgIpc) is 3.03. The van der Waals surface area contributed by atoms with Gasteiger partial charge in [-0.1, -0.05) is 0 Å². The molecule has 0 aromatic carbocycles. The quantitative estimate of drug-likeness (QED) is 0.739. The highest BCUT2D eigenvalue weighted by atomic mass is 32.2. The molecule has 1 aliphatic heterocycles. The Bertz CT molecular complexity index is 604. The summed E-state index contributed by atoms with van der Waals surface area (Å²) in [6, 6.07) is 0. The fraction of sp³-hybridized carbons (Fsp3) is 0.800. The molecule has 0 bridgehead atoms. The molecule has 0 radical (unpaired) electrons. The lowest BCUT2D eigenvalue weighted by Gasteiger charge is -2.45. The van der Waals surface area contributed by atoms with Gasteiger partial charge in [0.05, 0.1) is 6.20 Å². The van der Waals surface area contributed by atoms with Gasteiger partial charge in [-0.3, -0.25) is 4.68 Å². The summed E-state index contributed by atoms with van der Waals surface area (Å²) in [6.07, 6.45) is 5.58. The molecule has 0 N–H and O–H groups in total. The number of ether oxygens (including phenoxy) is 1. The maximum absolute atomic E-state index is 12.7. The minimum absolute atomic E-state index is 0.00955. The molecule has 0 amide bonds. The molecule has 1 aromatic rings. The average molecular weight is 344 g/mol. The molecule has 1 aliphatic rings. The van der Waals surface area contributed by atoms with Crippen molar-refractivity contribution in [3.8, 4) is 0 Å². The van der Waals surface area contributed by atoms with Crippen LogP contribution in [0, 0.1) is 0 Å². The fourth-order valence-electron chi connectivity index (χ4n) is 3.16. The monoisotopic (exact) mass is 344 g/mol. The minimum Gasteiger partial charge on any atom is -0.385 e. The SMILES string of the molecule is CCn1cc(S(=O)(=O)N2CCC(CCOC)(N(C)C)CC2)cn1. The van der Waals surface area contributed by atoms with Gasteiger partial charge in [0, 0.05) is 45.1 Å². The maximum Gasteiger partial charge on any atom is 0.246 e. The number of nitrogens with zero attached hydrogens (tertiary/aromatic N) is 4. The minimum atomic E-state index is -3.45. The number of piperidine rings is 1. The van der Waals surface area contributed by atoms with Gasteiger partial charge in [0.2, 0.25) is 10.0 Å². The molecule has 2 rings (SSSR count). The molecule has 23 heavy (non-hydrogen) atoms. The summed E-state index contributed by atoms with van der Waals surface area (Å²) >= 11 is 0. The third kappa shape index (κ3) is 3.76. The second-order valence-electron chi connectivity index (χ2n) is 6.30. The van der Waals surface area contributed by atoms with E-state index in [0.29, 0.717) is 26.2 Å². The van der Waals surface area contributed by atoms with Crippen LogP contribution in [0.15, 0.2) is 17.3 Å².